The topological polar surface area (TPSA) is 43.4 Å². The summed E-state index contributed by atoms with van der Waals surface area (Å²) in [7, 11) is 1.19. The summed E-state index contributed by atoms with van der Waals surface area (Å²) in [4.78, 5) is 21.6. The van der Waals surface area contributed by atoms with E-state index in [4.69, 9.17) is 0 Å². The molecule has 3 nitrogen and oxygen atoms in total. The van der Waals surface area contributed by atoms with E-state index in [0.717, 1.165) is 0 Å². The highest BCUT2D eigenvalue weighted by molar-refractivity contribution is 7.08. The highest BCUT2D eigenvalue weighted by Gasteiger charge is 2.15. The molecule has 0 aliphatic carbocycles. The Kier molecular flexibility index (Phi) is 2.38. The zero-order chi connectivity index (χ0) is 8.27. The fourth-order valence-electron chi connectivity index (χ4n) is 0.604. The number of carbonyl (C=O) groups excluding carboxylic acids is 2. The van der Waals surface area contributed by atoms with E-state index in [9.17, 15) is 9.59 Å². The van der Waals surface area contributed by atoms with Gasteiger partial charge in [0.15, 0.2) is 0 Å². The number of carbonyl (C=O) groups is 2. The number of rotatable bonds is 2. The fourth-order valence-corrected chi connectivity index (χ4v) is 1.24. The highest BCUT2D eigenvalue weighted by Crippen LogP contribution is 2.06. The molecule has 0 amide bonds. The lowest BCUT2D eigenvalue weighted by Gasteiger charge is -1.92. The largest absolute Gasteiger partial charge is 0.463 e. The van der Waals surface area contributed by atoms with Gasteiger partial charge in [-0.1, -0.05) is 0 Å². The zero-order valence-corrected chi connectivity index (χ0v) is 6.68. The molecule has 1 rings (SSSR count). The molecule has 11 heavy (non-hydrogen) atoms. The van der Waals surface area contributed by atoms with E-state index in [1.165, 1.54) is 18.4 Å². The average Bonchev–Trinajstić information content (AvgIpc) is 2.53. The van der Waals surface area contributed by atoms with Crippen molar-refractivity contribution in [3.05, 3.63) is 22.4 Å². The molecule has 0 aromatic carbocycles. The molecule has 0 saturated carbocycles. The van der Waals surface area contributed by atoms with E-state index in [1.54, 1.807) is 16.8 Å². The minimum Gasteiger partial charge on any atom is -0.463 e. The molecule has 0 aliphatic rings. The molecule has 0 atom stereocenters. The number of Topliss-reactive ketones (excluding diaryl/α,β-unsaturated/α-hetero) is 1. The summed E-state index contributed by atoms with van der Waals surface area (Å²) in [6, 6.07) is 1.59. The first kappa shape index (κ1) is 7.94. The van der Waals surface area contributed by atoms with Crippen LogP contribution in [0.4, 0.5) is 0 Å². The Bertz CT molecular complexity index is 263. The van der Waals surface area contributed by atoms with Crippen molar-refractivity contribution in [1.82, 2.24) is 0 Å². The molecule has 0 saturated heterocycles. The number of hydrogen-bond acceptors (Lipinski definition) is 4. The second kappa shape index (κ2) is 3.30. The van der Waals surface area contributed by atoms with Crippen molar-refractivity contribution in [1.29, 1.82) is 0 Å². The zero-order valence-electron chi connectivity index (χ0n) is 5.87. The minimum absolute atomic E-state index is 0.391. The number of thiophene rings is 1. The molecule has 0 N–H and O–H groups in total. The number of ether oxygens (including phenoxy) is 1. The van der Waals surface area contributed by atoms with E-state index >= 15 is 0 Å². The summed E-state index contributed by atoms with van der Waals surface area (Å²) in [5.41, 5.74) is 0.391. The third-order valence-corrected chi connectivity index (χ3v) is 1.84. The van der Waals surface area contributed by atoms with Crippen LogP contribution in [0, 0.1) is 0 Å². The van der Waals surface area contributed by atoms with Crippen LogP contribution in [0.1, 0.15) is 10.4 Å². The maximum atomic E-state index is 11.0. The molecule has 1 heterocycles. The monoisotopic (exact) mass is 170 g/mol. The van der Waals surface area contributed by atoms with Crippen LogP contribution >= 0.6 is 11.3 Å². The molecule has 0 fully saturated rings. The first-order valence-electron chi connectivity index (χ1n) is 2.90. The van der Waals surface area contributed by atoms with Gasteiger partial charge in [0, 0.05) is 10.9 Å². The highest BCUT2D eigenvalue weighted by atomic mass is 32.1. The summed E-state index contributed by atoms with van der Waals surface area (Å²) in [6.07, 6.45) is 0. The summed E-state index contributed by atoms with van der Waals surface area (Å²) >= 11 is 1.37. The predicted molar refractivity (Wildman–Crippen MR) is 40.7 cm³/mol. The van der Waals surface area contributed by atoms with Crippen molar-refractivity contribution < 1.29 is 14.3 Å². The van der Waals surface area contributed by atoms with Gasteiger partial charge < -0.3 is 4.74 Å². The first-order valence-corrected chi connectivity index (χ1v) is 3.85. The van der Waals surface area contributed by atoms with E-state index in [1.807, 2.05) is 0 Å². The maximum absolute atomic E-state index is 11.0. The van der Waals surface area contributed by atoms with Crippen LogP contribution in [0.5, 0.6) is 0 Å². The summed E-state index contributed by atoms with van der Waals surface area (Å²) in [5, 5.41) is 3.34. The first-order chi connectivity index (χ1) is 5.25. The molecular formula is C7H6O3S. The Balaban J connectivity index is 2.79. The normalized spacial score (nSPS) is 9.18. The van der Waals surface area contributed by atoms with Gasteiger partial charge in [0.2, 0.25) is 0 Å². The predicted octanol–water partition coefficient (Wildman–Crippen LogP) is 1.10. The van der Waals surface area contributed by atoms with Crippen LogP contribution in [0.2, 0.25) is 0 Å². The lowest BCUT2D eigenvalue weighted by atomic mass is 10.2. The van der Waals surface area contributed by atoms with E-state index in [2.05, 4.69) is 4.74 Å². The minimum atomic E-state index is -0.816. The van der Waals surface area contributed by atoms with Crippen molar-refractivity contribution in [3.8, 4) is 0 Å². The average molecular weight is 170 g/mol. The number of esters is 1. The summed E-state index contributed by atoms with van der Waals surface area (Å²) < 4.78 is 4.25. The van der Waals surface area contributed by atoms with Crippen LogP contribution in [0.15, 0.2) is 16.8 Å². The van der Waals surface area contributed by atoms with Crippen molar-refractivity contribution in [2.24, 2.45) is 0 Å². The Hall–Kier alpha value is -1.16. The fraction of sp³-hybridized carbons (Fsp3) is 0.143. The lowest BCUT2D eigenvalue weighted by Crippen LogP contribution is -2.14. The lowest BCUT2D eigenvalue weighted by molar-refractivity contribution is -0.135. The van der Waals surface area contributed by atoms with Gasteiger partial charge >= 0.3 is 5.97 Å². The Labute approximate surface area is 67.6 Å². The van der Waals surface area contributed by atoms with E-state index < -0.39 is 11.8 Å². The van der Waals surface area contributed by atoms with Gasteiger partial charge in [-0.05, 0) is 11.4 Å². The van der Waals surface area contributed by atoms with Crippen molar-refractivity contribution in [3.63, 3.8) is 0 Å². The maximum Gasteiger partial charge on any atom is 0.379 e. The van der Waals surface area contributed by atoms with Crippen LogP contribution in [0.3, 0.4) is 0 Å². The molecule has 1 aromatic rings. The van der Waals surface area contributed by atoms with Gasteiger partial charge in [-0.3, -0.25) is 4.79 Å². The standard InChI is InChI=1S/C7H6O3S/c1-10-7(9)6(8)5-2-3-11-4-5/h2-4H,1H3. The molecule has 0 spiro atoms. The third-order valence-electron chi connectivity index (χ3n) is 1.15. The molecule has 0 aliphatic heterocycles. The quantitative estimate of drug-likeness (QED) is 0.379. The number of ketones is 1. The van der Waals surface area contributed by atoms with Crippen LogP contribution < -0.4 is 0 Å². The number of methoxy groups -OCH3 is 1. The smallest absolute Gasteiger partial charge is 0.379 e. The summed E-state index contributed by atoms with van der Waals surface area (Å²) in [6.45, 7) is 0. The third kappa shape index (κ3) is 1.65. The van der Waals surface area contributed by atoms with Crippen molar-refractivity contribution >= 4 is 23.1 Å². The molecule has 0 bridgehead atoms. The molecule has 4 heteroatoms. The SMILES string of the molecule is COC(=O)C(=O)c1ccsc1. The van der Waals surface area contributed by atoms with Gasteiger partial charge in [0.05, 0.1) is 7.11 Å². The second-order valence-electron chi connectivity index (χ2n) is 1.83. The Morgan fingerprint density at radius 1 is 1.55 bits per heavy atom. The van der Waals surface area contributed by atoms with Gasteiger partial charge in [0.1, 0.15) is 0 Å². The molecule has 0 radical (unpaired) electrons. The van der Waals surface area contributed by atoms with Crippen LogP contribution in [-0.4, -0.2) is 18.9 Å². The Morgan fingerprint density at radius 3 is 2.73 bits per heavy atom. The van der Waals surface area contributed by atoms with E-state index in [-0.39, 0.29) is 0 Å². The molecule has 0 unspecified atom stereocenters. The van der Waals surface area contributed by atoms with Gasteiger partial charge in [0.25, 0.3) is 5.78 Å². The number of hydrogen-bond donors (Lipinski definition) is 0. The second-order valence-corrected chi connectivity index (χ2v) is 2.61. The van der Waals surface area contributed by atoms with Gasteiger partial charge in [-0.2, -0.15) is 11.3 Å². The van der Waals surface area contributed by atoms with E-state index in [0.29, 0.717) is 5.56 Å². The van der Waals surface area contributed by atoms with Crippen LogP contribution in [-0.2, 0) is 9.53 Å². The van der Waals surface area contributed by atoms with Crippen molar-refractivity contribution in [2.75, 3.05) is 7.11 Å². The van der Waals surface area contributed by atoms with Crippen molar-refractivity contribution in [2.45, 2.75) is 0 Å². The van der Waals surface area contributed by atoms with Gasteiger partial charge in [-0.25, -0.2) is 4.79 Å². The molecule has 58 valence electrons. The molecular weight excluding hydrogens is 164 g/mol. The van der Waals surface area contributed by atoms with Gasteiger partial charge in [-0.15, -0.1) is 0 Å². The molecule has 1 aromatic heterocycles. The summed E-state index contributed by atoms with van der Waals surface area (Å²) in [5.74, 6) is -1.41. The van der Waals surface area contributed by atoms with Crippen LogP contribution in [0.25, 0.3) is 0 Å². The Morgan fingerprint density at radius 2 is 2.27 bits per heavy atom.